The molecule has 0 radical (unpaired) electrons. The van der Waals surface area contributed by atoms with Gasteiger partial charge in [0.15, 0.2) is 0 Å². The van der Waals surface area contributed by atoms with Crippen LogP contribution in [0.3, 0.4) is 0 Å². The molecule has 0 spiro atoms. The number of nitriles is 1. The lowest BCUT2D eigenvalue weighted by molar-refractivity contribution is -0.00714. The molecule has 0 aliphatic heterocycles. The number of hydrogen-bond acceptors (Lipinski definition) is 3. The zero-order valence-electron chi connectivity index (χ0n) is 10.5. The molecule has 0 heterocycles. The van der Waals surface area contributed by atoms with Crippen molar-refractivity contribution in [1.29, 1.82) is 5.26 Å². The summed E-state index contributed by atoms with van der Waals surface area (Å²) in [6.45, 7) is 0.00175. The quantitative estimate of drug-likeness (QED) is 0.859. The van der Waals surface area contributed by atoms with Crippen molar-refractivity contribution in [3.05, 3.63) is 35.4 Å². The van der Waals surface area contributed by atoms with Gasteiger partial charge in [-0.05, 0) is 24.0 Å². The van der Waals surface area contributed by atoms with Crippen molar-refractivity contribution < 1.29 is 10.2 Å². The van der Waals surface area contributed by atoms with E-state index < -0.39 is 11.5 Å². The molecule has 1 aromatic carbocycles. The van der Waals surface area contributed by atoms with E-state index in [9.17, 15) is 10.4 Å². The van der Waals surface area contributed by atoms with E-state index in [0.29, 0.717) is 12.8 Å². The van der Waals surface area contributed by atoms with Crippen LogP contribution in [0.4, 0.5) is 0 Å². The molecule has 3 nitrogen and oxygen atoms in total. The van der Waals surface area contributed by atoms with Gasteiger partial charge in [-0.25, -0.2) is 0 Å². The Balaban J connectivity index is 2.24. The number of benzene rings is 1. The van der Waals surface area contributed by atoms with E-state index in [1.165, 1.54) is 0 Å². The van der Waals surface area contributed by atoms with Crippen LogP contribution in [0.15, 0.2) is 24.3 Å². The predicted octanol–water partition coefficient (Wildman–Crippen LogP) is 2.48. The van der Waals surface area contributed by atoms with E-state index in [0.717, 1.165) is 30.4 Å². The first-order valence-electron chi connectivity index (χ1n) is 6.51. The molecule has 0 bridgehead atoms. The molecule has 3 heteroatoms. The highest BCUT2D eigenvalue weighted by molar-refractivity contribution is 5.31. The van der Waals surface area contributed by atoms with Gasteiger partial charge in [-0.1, -0.05) is 43.5 Å². The Morgan fingerprint density at radius 1 is 1.17 bits per heavy atom. The average molecular weight is 245 g/mol. The molecule has 0 saturated heterocycles. The van der Waals surface area contributed by atoms with Gasteiger partial charge in [0.2, 0.25) is 0 Å². The zero-order valence-corrected chi connectivity index (χ0v) is 10.5. The van der Waals surface area contributed by atoms with E-state index >= 15 is 0 Å². The molecular weight excluding hydrogens is 226 g/mol. The third-order valence-electron chi connectivity index (χ3n) is 3.88. The first kappa shape index (κ1) is 13.1. The van der Waals surface area contributed by atoms with Gasteiger partial charge in [-0.3, -0.25) is 0 Å². The van der Waals surface area contributed by atoms with Crippen LogP contribution in [0, 0.1) is 11.3 Å². The summed E-state index contributed by atoms with van der Waals surface area (Å²) in [6, 6.07) is 9.55. The van der Waals surface area contributed by atoms with E-state index in [2.05, 4.69) is 6.07 Å². The van der Waals surface area contributed by atoms with Crippen LogP contribution < -0.4 is 0 Å². The number of nitrogens with zero attached hydrogens (tertiary/aromatic N) is 1. The lowest BCUT2D eigenvalue weighted by atomic mass is 9.73. The van der Waals surface area contributed by atoms with Crippen LogP contribution in [-0.4, -0.2) is 15.8 Å². The van der Waals surface area contributed by atoms with Gasteiger partial charge >= 0.3 is 0 Å². The Morgan fingerprint density at radius 3 is 2.28 bits per heavy atom. The minimum atomic E-state index is -0.881. The van der Waals surface area contributed by atoms with Crippen molar-refractivity contribution in [2.75, 3.05) is 0 Å². The van der Waals surface area contributed by atoms with E-state index in [4.69, 9.17) is 5.11 Å². The molecule has 1 unspecified atom stereocenters. The van der Waals surface area contributed by atoms with Gasteiger partial charge in [-0.2, -0.15) is 5.26 Å². The normalized spacial score (nSPS) is 20.1. The maximum atomic E-state index is 10.6. The van der Waals surface area contributed by atoms with Gasteiger partial charge in [0, 0.05) is 0 Å². The van der Waals surface area contributed by atoms with Crippen LogP contribution in [0.1, 0.15) is 49.1 Å². The van der Waals surface area contributed by atoms with Gasteiger partial charge in [0.05, 0.1) is 24.2 Å². The van der Waals surface area contributed by atoms with Crippen molar-refractivity contribution in [3.8, 4) is 6.07 Å². The van der Waals surface area contributed by atoms with E-state index in [1.807, 2.05) is 24.3 Å². The molecule has 1 saturated carbocycles. The van der Waals surface area contributed by atoms with Crippen LogP contribution in [0.2, 0.25) is 0 Å². The second kappa shape index (κ2) is 5.51. The van der Waals surface area contributed by atoms with Crippen LogP contribution in [0.25, 0.3) is 0 Å². The smallest absolute Gasteiger partial charge is 0.0999 e. The van der Waals surface area contributed by atoms with Gasteiger partial charge in [-0.15, -0.1) is 0 Å². The molecular formula is C15H19NO2. The Kier molecular flexibility index (Phi) is 4.00. The monoisotopic (exact) mass is 245 g/mol. The third-order valence-corrected chi connectivity index (χ3v) is 3.88. The standard InChI is InChI=1S/C15H19NO2/c16-10-14(15(18)8-2-1-3-9-15)13-6-4-12(11-17)5-7-13/h4-7,14,17-18H,1-3,8-9,11H2. The average Bonchev–Trinajstić information content (AvgIpc) is 2.41. The Labute approximate surface area is 108 Å². The highest BCUT2D eigenvalue weighted by atomic mass is 16.3. The molecule has 18 heavy (non-hydrogen) atoms. The maximum absolute atomic E-state index is 10.6. The van der Waals surface area contributed by atoms with Crippen LogP contribution in [-0.2, 0) is 6.61 Å². The lowest BCUT2D eigenvalue weighted by Crippen LogP contribution is -2.37. The van der Waals surface area contributed by atoms with Crippen LogP contribution in [0.5, 0.6) is 0 Å². The van der Waals surface area contributed by atoms with E-state index in [-0.39, 0.29) is 6.61 Å². The van der Waals surface area contributed by atoms with Crippen LogP contribution >= 0.6 is 0 Å². The highest BCUT2D eigenvalue weighted by Gasteiger charge is 2.38. The lowest BCUT2D eigenvalue weighted by Gasteiger charge is -2.36. The van der Waals surface area contributed by atoms with Crippen molar-refractivity contribution in [2.45, 2.75) is 50.2 Å². The summed E-state index contributed by atoms with van der Waals surface area (Å²) < 4.78 is 0. The molecule has 0 aromatic heterocycles. The summed E-state index contributed by atoms with van der Waals surface area (Å²) in [5.74, 6) is -0.467. The Hall–Kier alpha value is -1.37. The fourth-order valence-electron chi connectivity index (χ4n) is 2.77. The van der Waals surface area contributed by atoms with Crippen molar-refractivity contribution in [1.82, 2.24) is 0 Å². The topological polar surface area (TPSA) is 64.2 Å². The maximum Gasteiger partial charge on any atom is 0.0999 e. The summed E-state index contributed by atoms with van der Waals surface area (Å²) >= 11 is 0. The van der Waals surface area contributed by atoms with Crippen molar-refractivity contribution in [2.24, 2.45) is 0 Å². The minimum Gasteiger partial charge on any atom is -0.392 e. The molecule has 1 aliphatic carbocycles. The van der Waals surface area contributed by atoms with Gasteiger partial charge in [0.1, 0.15) is 0 Å². The molecule has 2 rings (SSSR count). The first-order chi connectivity index (χ1) is 8.69. The molecule has 96 valence electrons. The summed E-state index contributed by atoms with van der Waals surface area (Å²) in [7, 11) is 0. The minimum absolute atomic E-state index is 0.00175. The molecule has 1 fully saturated rings. The Morgan fingerprint density at radius 2 is 1.78 bits per heavy atom. The number of rotatable bonds is 3. The number of aliphatic hydroxyl groups excluding tert-OH is 1. The zero-order chi connectivity index (χ0) is 13.0. The van der Waals surface area contributed by atoms with Gasteiger partial charge < -0.3 is 10.2 Å². The van der Waals surface area contributed by atoms with Crippen molar-refractivity contribution >= 4 is 0 Å². The summed E-state index contributed by atoms with van der Waals surface area (Å²) in [5.41, 5.74) is 0.790. The second-order valence-electron chi connectivity index (χ2n) is 5.13. The molecule has 1 aliphatic rings. The largest absolute Gasteiger partial charge is 0.392 e. The molecule has 1 atom stereocenters. The number of hydrogen-bond donors (Lipinski definition) is 2. The number of aliphatic hydroxyl groups is 2. The first-order valence-corrected chi connectivity index (χ1v) is 6.51. The summed E-state index contributed by atoms with van der Waals surface area (Å²) in [6.07, 6.45) is 4.52. The highest BCUT2D eigenvalue weighted by Crippen LogP contribution is 2.39. The molecule has 0 amide bonds. The molecule has 1 aromatic rings. The summed E-state index contributed by atoms with van der Waals surface area (Å²) in [4.78, 5) is 0. The van der Waals surface area contributed by atoms with Gasteiger partial charge in [0.25, 0.3) is 0 Å². The predicted molar refractivity (Wildman–Crippen MR) is 68.8 cm³/mol. The van der Waals surface area contributed by atoms with Crippen molar-refractivity contribution in [3.63, 3.8) is 0 Å². The fourth-order valence-corrected chi connectivity index (χ4v) is 2.77. The fraction of sp³-hybridized carbons (Fsp3) is 0.533. The second-order valence-corrected chi connectivity index (χ2v) is 5.13. The van der Waals surface area contributed by atoms with E-state index in [1.54, 1.807) is 0 Å². The summed E-state index contributed by atoms with van der Waals surface area (Å²) in [5, 5.41) is 29.0. The molecule has 2 N–H and O–H groups in total. The Bertz CT molecular complexity index is 427. The third kappa shape index (κ3) is 2.55. The SMILES string of the molecule is N#CC(c1ccc(CO)cc1)C1(O)CCCCC1.